The SMILES string of the molecule is COc1ccc(F)cc1Oc1cc(F)c(C(N)=O)cc1F. The molecule has 4 nitrogen and oxygen atoms in total. The average Bonchev–Trinajstić information content (AvgIpc) is 2.42. The summed E-state index contributed by atoms with van der Waals surface area (Å²) in [7, 11) is 1.31. The number of nitrogens with two attached hydrogens (primary N) is 1. The number of carbonyl (C=O) groups excluding carboxylic acids is 1. The maximum atomic E-state index is 13.8. The Kier molecular flexibility index (Phi) is 4.02. The van der Waals surface area contributed by atoms with Gasteiger partial charge in [0.15, 0.2) is 23.1 Å². The van der Waals surface area contributed by atoms with Crippen LogP contribution in [0.4, 0.5) is 13.2 Å². The van der Waals surface area contributed by atoms with Crippen molar-refractivity contribution >= 4 is 5.91 Å². The molecule has 0 spiro atoms. The molecule has 0 unspecified atom stereocenters. The molecular weight excluding hydrogens is 287 g/mol. The van der Waals surface area contributed by atoms with Gasteiger partial charge in [0.25, 0.3) is 5.91 Å². The van der Waals surface area contributed by atoms with Gasteiger partial charge in [-0.1, -0.05) is 0 Å². The van der Waals surface area contributed by atoms with E-state index in [1.807, 2.05) is 0 Å². The average molecular weight is 297 g/mol. The number of primary amides is 1. The molecule has 2 aromatic carbocycles. The van der Waals surface area contributed by atoms with Crippen LogP contribution in [0.25, 0.3) is 0 Å². The lowest BCUT2D eigenvalue weighted by Crippen LogP contribution is -2.13. The Balaban J connectivity index is 2.43. The first-order valence-corrected chi connectivity index (χ1v) is 5.72. The summed E-state index contributed by atoms with van der Waals surface area (Å²) in [5.74, 6) is -4.34. The fourth-order valence-corrected chi connectivity index (χ4v) is 1.64. The van der Waals surface area contributed by atoms with Crippen LogP contribution in [-0.2, 0) is 0 Å². The number of amides is 1. The normalized spacial score (nSPS) is 10.3. The zero-order valence-corrected chi connectivity index (χ0v) is 10.8. The van der Waals surface area contributed by atoms with E-state index in [9.17, 15) is 18.0 Å². The summed E-state index contributed by atoms with van der Waals surface area (Å²) in [6, 6.07) is 4.62. The van der Waals surface area contributed by atoms with Gasteiger partial charge < -0.3 is 15.2 Å². The number of carbonyl (C=O) groups is 1. The van der Waals surface area contributed by atoms with Crippen molar-refractivity contribution in [3.05, 3.63) is 53.3 Å². The molecule has 110 valence electrons. The van der Waals surface area contributed by atoms with Crippen molar-refractivity contribution in [1.82, 2.24) is 0 Å². The van der Waals surface area contributed by atoms with E-state index in [4.69, 9.17) is 15.2 Å². The van der Waals surface area contributed by atoms with Crippen molar-refractivity contribution in [1.29, 1.82) is 0 Å². The molecule has 0 heterocycles. The monoisotopic (exact) mass is 297 g/mol. The first kappa shape index (κ1) is 14.7. The standard InChI is InChI=1S/C14H10F3NO3/c1-20-11-3-2-7(15)4-13(11)21-12-6-9(16)8(14(18)19)5-10(12)17/h2-6H,1H3,(H2,18,19). The molecule has 21 heavy (non-hydrogen) atoms. The van der Waals surface area contributed by atoms with E-state index in [1.54, 1.807) is 0 Å². The molecule has 0 saturated heterocycles. The van der Waals surface area contributed by atoms with E-state index in [0.717, 1.165) is 12.1 Å². The molecule has 0 aliphatic heterocycles. The van der Waals surface area contributed by atoms with E-state index >= 15 is 0 Å². The number of rotatable bonds is 4. The minimum absolute atomic E-state index is 0.134. The van der Waals surface area contributed by atoms with Crippen molar-refractivity contribution in [3.63, 3.8) is 0 Å². The largest absolute Gasteiger partial charge is 0.493 e. The molecule has 0 saturated carbocycles. The lowest BCUT2D eigenvalue weighted by Gasteiger charge is -2.11. The third-order valence-corrected chi connectivity index (χ3v) is 2.63. The number of hydrogen-bond donors (Lipinski definition) is 1. The summed E-state index contributed by atoms with van der Waals surface area (Å²) in [5.41, 5.74) is 4.29. The number of ether oxygens (including phenoxy) is 2. The fraction of sp³-hybridized carbons (Fsp3) is 0.0714. The summed E-state index contributed by atoms with van der Waals surface area (Å²) in [4.78, 5) is 10.9. The van der Waals surface area contributed by atoms with Gasteiger partial charge in [-0.05, 0) is 18.2 Å². The lowest BCUT2D eigenvalue weighted by atomic mass is 10.2. The predicted molar refractivity (Wildman–Crippen MR) is 67.9 cm³/mol. The van der Waals surface area contributed by atoms with Crippen LogP contribution >= 0.6 is 0 Å². The Labute approximate surface area is 117 Å². The Morgan fingerprint density at radius 2 is 1.71 bits per heavy atom. The summed E-state index contributed by atoms with van der Waals surface area (Å²) in [5, 5.41) is 0. The topological polar surface area (TPSA) is 61.6 Å². The highest BCUT2D eigenvalue weighted by Gasteiger charge is 2.17. The Morgan fingerprint density at radius 3 is 2.33 bits per heavy atom. The van der Waals surface area contributed by atoms with Gasteiger partial charge in [0.1, 0.15) is 11.6 Å². The van der Waals surface area contributed by atoms with Crippen molar-refractivity contribution in [2.45, 2.75) is 0 Å². The van der Waals surface area contributed by atoms with Crippen molar-refractivity contribution in [2.75, 3.05) is 7.11 Å². The molecule has 1 amide bonds. The summed E-state index contributed by atoms with van der Waals surface area (Å²) in [6.07, 6.45) is 0. The molecule has 2 rings (SSSR count). The van der Waals surface area contributed by atoms with E-state index in [2.05, 4.69) is 0 Å². The van der Waals surface area contributed by atoms with Crippen molar-refractivity contribution in [2.24, 2.45) is 5.73 Å². The minimum atomic E-state index is -1.11. The predicted octanol–water partition coefficient (Wildman–Crippen LogP) is 3.00. The van der Waals surface area contributed by atoms with Gasteiger partial charge in [0.2, 0.25) is 0 Å². The smallest absolute Gasteiger partial charge is 0.251 e. The van der Waals surface area contributed by atoms with Crippen LogP contribution in [0.15, 0.2) is 30.3 Å². The van der Waals surface area contributed by atoms with Gasteiger partial charge in [-0.3, -0.25) is 4.79 Å². The van der Waals surface area contributed by atoms with Crippen molar-refractivity contribution < 1.29 is 27.4 Å². The molecular formula is C14H10F3NO3. The van der Waals surface area contributed by atoms with E-state index in [0.29, 0.717) is 12.1 Å². The Morgan fingerprint density at radius 1 is 1.00 bits per heavy atom. The van der Waals surface area contributed by atoms with Gasteiger partial charge in [-0.2, -0.15) is 0 Å². The lowest BCUT2D eigenvalue weighted by molar-refractivity contribution is 0.0996. The zero-order chi connectivity index (χ0) is 15.6. The number of hydrogen-bond acceptors (Lipinski definition) is 3. The highest BCUT2D eigenvalue weighted by atomic mass is 19.1. The van der Waals surface area contributed by atoms with Gasteiger partial charge >= 0.3 is 0 Å². The van der Waals surface area contributed by atoms with Gasteiger partial charge in [0.05, 0.1) is 12.7 Å². The quantitative estimate of drug-likeness (QED) is 0.943. The van der Waals surface area contributed by atoms with Crippen LogP contribution < -0.4 is 15.2 Å². The molecule has 0 aromatic heterocycles. The summed E-state index contributed by atoms with van der Waals surface area (Å²) < 4.78 is 50.6. The Hall–Kier alpha value is -2.70. The zero-order valence-electron chi connectivity index (χ0n) is 10.8. The van der Waals surface area contributed by atoms with Crippen LogP contribution in [0.2, 0.25) is 0 Å². The molecule has 2 aromatic rings. The Bertz CT molecular complexity index is 704. The number of benzene rings is 2. The van der Waals surface area contributed by atoms with Gasteiger partial charge in [-0.15, -0.1) is 0 Å². The van der Waals surface area contributed by atoms with Crippen LogP contribution in [0.3, 0.4) is 0 Å². The second-order valence-electron chi connectivity index (χ2n) is 4.02. The second kappa shape index (κ2) is 5.74. The van der Waals surface area contributed by atoms with Crippen molar-refractivity contribution in [3.8, 4) is 17.2 Å². The van der Waals surface area contributed by atoms with Crippen LogP contribution in [0.5, 0.6) is 17.2 Å². The second-order valence-corrected chi connectivity index (χ2v) is 4.02. The first-order chi connectivity index (χ1) is 9.92. The number of methoxy groups -OCH3 is 1. The highest BCUT2D eigenvalue weighted by Crippen LogP contribution is 2.34. The van der Waals surface area contributed by atoms with Crippen LogP contribution in [0, 0.1) is 17.5 Å². The fourth-order valence-electron chi connectivity index (χ4n) is 1.64. The van der Waals surface area contributed by atoms with Crippen LogP contribution in [-0.4, -0.2) is 13.0 Å². The molecule has 7 heteroatoms. The molecule has 0 fully saturated rings. The third-order valence-electron chi connectivity index (χ3n) is 2.63. The minimum Gasteiger partial charge on any atom is -0.493 e. The molecule has 0 aliphatic rings. The summed E-state index contributed by atoms with van der Waals surface area (Å²) in [6.45, 7) is 0. The molecule has 0 bridgehead atoms. The van der Waals surface area contributed by atoms with Gasteiger partial charge in [0, 0.05) is 12.1 Å². The van der Waals surface area contributed by atoms with E-state index in [1.165, 1.54) is 13.2 Å². The molecule has 0 aliphatic carbocycles. The first-order valence-electron chi connectivity index (χ1n) is 5.72. The number of halogens is 3. The van der Waals surface area contributed by atoms with Crippen LogP contribution in [0.1, 0.15) is 10.4 Å². The summed E-state index contributed by atoms with van der Waals surface area (Å²) >= 11 is 0. The maximum absolute atomic E-state index is 13.8. The molecule has 0 radical (unpaired) electrons. The van der Waals surface area contributed by atoms with E-state index in [-0.39, 0.29) is 11.5 Å². The maximum Gasteiger partial charge on any atom is 0.251 e. The third kappa shape index (κ3) is 3.07. The molecule has 2 N–H and O–H groups in total. The van der Waals surface area contributed by atoms with E-state index < -0.39 is 34.7 Å². The van der Waals surface area contributed by atoms with Gasteiger partial charge in [-0.25, -0.2) is 13.2 Å². The highest BCUT2D eigenvalue weighted by molar-refractivity contribution is 5.93. The molecule has 0 atom stereocenters.